The van der Waals surface area contributed by atoms with Gasteiger partial charge in [0.15, 0.2) is 0 Å². The Kier molecular flexibility index (Phi) is 2.74. The maximum absolute atomic E-state index is 6.06. The molecule has 0 radical (unpaired) electrons. The molecule has 0 amide bonds. The van der Waals surface area contributed by atoms with Crippen molar-refractivity contribution in [1.82, 2.24) is 24.1 Å². The summed E-state index contributed by atoms with van der Waals surface area (Å²) in [6, 6.07) is 0. The van der Waals surface area contributed by atoms with Gasteiger partial charge in [0.05, 0.1) is 11.9 Å². The Hall–Kier alpha value is -2.37. The number of rotatable bonds is 2. The summed E-state index contributed by atoms with van der Waals surface area (Å²) < 4.78 is 4.16. The lowest BCUT2D eigenvalue weighted by Gasteiger charge is -2.08. The van der Waals surface area contributed by atoms with Crippen molar-refractivity contribution in [2.75, 3.05) is 5.73 Å². The van der Waals surface area contributed by atoms with E-state index >= 15 is 0 Å². The molecule has 3 rings (SSSR count). The molecule has 0 atom stereocenters. The van der Waals surface area contributed by atoms with E-state index < -0.39 is 0 Å². The first-order valence-corrected chi connectivity index (χ1v) is 6.54. The summed E-state index contributed by atoms with van der Waals surface area (Å²) in [5.74, 6) is 2.22. The van der Waals surface area contributed by atoms with Gasteiger partial charge in [-0.05, 0) is 26.3 Å². The molecule has 0 saturated carbocycles. The SMILES string of the molecule is Cc1nc(N)c2c(C)c(C)n(Cc3nccn3C)c2n1. The third-order valence-corrected chi connectivity index (χ3v) is 3.83. The number of nitrogens with two attached hydrogens (primary N) is 1. The molecule has 6 heteroatoms. The van der Waals surface area contributed by atoms with Crippen LogP contribution in [0.4, 0.5) is 5.82 Å². The second-order valence-electron chi connectivity index (χ2n) is 5.11. The third-order valence-electron chi connectivity index (χ3n) is 3.83. The van der Waals surface area contributed by atoms with Crippen LogP contribution in [0.5, 0.6) is 0 Å². The molecule has 0 bridgehead atoms. The van der Waals surface area contributed by atoms with Crippen LogP contribution < -0.4 is 5.73 Å². The van der Waals surface area contributed by atoms with Crippen LogP contribution in [-0.4, -0.2) is 24.1 Å². The van der Waals surface area contributed by atoms with Crippen LogP contribution in [0.25, 0.3) is 11.0 Å². The molecule has 0 aromatic carbocycles. The first-order valence-electron chi connectivity index (χ1n) is 6.54. The van der Waals surface area contributed by atoms with Gasteiger partial charge < -0.3 is 14.9 Å². The Morgan fingerprint density at radius 2 is 1.95 bits per heavy atom. The molecule has 0 spiro atoms. The van der Waals surface area contributed by atoms with E-state index in [4.69, 9.17) is 5.73 Å². The fraction of sp³-hybridized carbons (Fsp3) is 0.357. The first-order chi connectivity index (χ1) is 9.49. The zero-order valence-corrected chi connectivity index (χ0v) is 12.2. The summed E-state index contributed by atoms with van der Waals surface area (Å²) in [6.07, 6.45) is 3.75. The van der Waals surface area contributed by atoms with E-state index in [2.05, 4.69) is 33.4 Å². The largest absolute Gasteiger partial charge is 0.383 e. The number of hydrogen-bond acceptors (Lipinski definition) is 4. The van der Waals surface area contributed by atoms with Crippen molar-refractivity contribution >= 4 is 16.9 Å². The van der Waals surface area contributed by atoms with Crippen LogP contribution in [0.1, 0.15) is 22.9 Å². The van der Waals surface area contributed by atoms with E-state index in [9.17, 15) is 0 Å². The van der Waals surface area contributed by atoms with E-state index in [0.29, 0.717) is 18.2 Å². The van der Waals surface area contributed by atoms with Gasteiger partial charge in [0.25, 0.3) is 0 Å². The lowest BCUT2D eigenvalue weighted by Crippen LogP contribution is -2.08. The highest BCUT2D eigenvalue weighted by molar-refractivity contribution is 5.91. The molecular formula is C14H18N6. The highest BCUT2D eigenvalue weighted by atomic mass is 15.1. The maximum Gasteiger partial charge on any atom is 0.146 e. The average molecular weight is 270 g/mol. The topological polar surface area (TPSA) is 74.5 Å². The molecule has 3 aromatic rings. The monoisotopic (exact) mass is 270 g/mol. The highest BCUT2D eigenvalue weighted by Gasteiger charge is 2.17. The van der Waals surface area contributed by atoms with Crippen molar-refractivity contribution in [3.63, 3.8) is 0 Å². The molecule has 6 nitrogen and oxygen atoms in total. The standard InChI is InChI=1S/C14H18N6/c1-8-9(2)20(7-11-16-5-6-19(11)4)14-12(8)13(15)17-10(3)18-14/h5-6H,7H2,1-4H3,(H2,15,17,18). The number of hydrogen-bond donors (Lipinski definition) is 1. The molecular weight excluding hydrogens is 252 g/mol. The van der Waals surface area contributed by atoms with E-state index in [1.165, 1.54) is 0 Å². The Bertz CT molecular complexity index is 796. The van der Waals surface area contributed by atoms with E-state index in [-0.39, 0.29) is 0 Å². The van der Waals surface area contributed by atoms with Gasteiger partial charge in [-0.15, -0.1) is 0 Å². The van der Waals surface area contributed by atoms with Gasteiger partial charge in [0.2, 0.25) is 0 Å². The second-order valence-corrected chi connectivity index (χ2v) is 5.11. The number of nitrogens with zero attached hydrogens (tertiary/aromatic N) is 5. The minimum absolute atomic E-state index is 0.548. The van der Waals surface area contributed by atoms with Gasteiger partial charge in [0.1, 0.15) is 23.1 Å². The zero-order chi connectivity index (χ0) is 14.4. The fourth-order valence-electron chi connectivity index (χ4n) is 2.56. The van der Waals surface area contributed by atoms with Crippen molar-refractivity contribution in [3.8, 4) is 0 Å². The molecule has 0 unspecified atom stereocenters. The second kappa shape index (κ2) is 4.33. The molecule has 0 aliphatic heterocycles. The molecule has 2 N–H and O–H groups in total. The van der Waals surface area contributed by atoms with Crippen molar-refractivity contribution in [1.29, 1.82) is 0 Å². The molecule has 0 aliphatic carbocycles. The van der Waals surface area contributed by atoms with Gasteiger partial charge in [-0.1, -0.05) is 0 Å². The van der Waals surface area contributed by atoms with E-state index in [1.54, 1.807) is 6.20 Å². The first kappa shape index (κ1) is 12.7. The lowest BCUT2D eigenvalue weighted by atomic mass is 10.2. The van der Waals surface area contributed by atoms with Crippen LogP contribution in [0.3, 0.4) is 0 Å². The molecule has 3 heterocycles. The van der Waals surface area contributed by atoms with Crippen LogP contribution in [-0.2, 0) is 13.6 Å². The maximum atomic E-state index is 6.06. The van der Waals surface area contributed by atoms with Crippen molar-refractivity contribution in [2.45, 2.75) is 27.3 Å². The molecule has 0 saturated heterocycles. The Labute approximate surface area is 117 Å². The van der Waals surface area contributed by atoms with Gasteiger partial charge >= 0.3 is 0 Å². The predicted molar refractivity (Wildman–Crippen MR) is 78.5 cm³/mol. The summed E-state index contributed by atoms with van der Waals surface area (Å²) in [5, 5.41) is 0.947. The summed E-state index contributed by atoms with van der Waals surface area (Å²) in [6.45, 7) is 6.67. The minimum atomic E-state index is 0.548. The van der Waals surface area contributed by atoms with Gasteiger partial charge in [-0.2, -0.15) is 0 Å². The fourth-order valence-corrected chi connectivity index (χ4v) is 2.56. The quantitative estimate of drug-likeness (QED) is 0.769. The number of anilines is 1. The van der Waals surface area contributed by atoms with Gasteiger partial charge in [0, 0.05) is 25.1 Å². The lowest BCUT2D eigenvalue weighted by molar-refractivity contribution is 0.697. The number of nitrogen functional groups attached to an aromatic ring is 1. The number of aromatic nitrogens is 5. The molecule has 104 valence electrons. The third kappa shape index (κ3) is 1.76. The van der Waals surface area contributed by atoms with E-state index in [0.717, 1.165) is 28.1 Å². The summed E-state index contributed by atoms with van der Waals surface area (Å²) in [7, 11) is 1.99. The van der Waals surface area contributed by atoms with Crippen molar-refractivity contribution in [2.24, 2.45) is 7.05 Å². The minimum Gasteiger partial charge on any atom is -0.383 e. The van der Waals surface area contributed by atoms with Crippen LogP contribution in [0.2, 0.25) is 0 Å². The Morgan fingerprint density at radius 3 is 2.60 bits per heavy atom. The van der Waals surface area contributed by atoms with Crippen LogP contribution in [0, 0.1) is 20.8 Å². The van der Waals surface area contributed by atoms with Crippen LogP contribution >= 0.6 is 0 Å². The Morgan fingerprint density at radius 1 is 1.20 bits per heavy atom. The summed E-state index contributed by atoms with van der Waals surface area (Å²) >= 11 is 0. The van der Waals surface area contributed by atoms with Gasteiger partial charge in [-0.25, -0.2) is 15.0 Å². The molecule has 0 fully saturated rings. The summed E-state index contributed by atoms with van der Waals surface area (Å²) in [5.41, 5.74) is 9.22. The normalized spacial score (nSPS) is 11.4. The molecule has 3 aromatic heterocycles. The molecule has 0 aliphatic rings. The van der Waals surface area contributed by atoms with Crippen molar-refractivity contribution < 1.29 is 0 Å². The highest BCUT2D eigenvalue weighted by Crippen LogP contribution is 2.28. The summed E-state index contributed by atoms with van der Waals surface area (Å²) in [4.78, 5) is 13.2. The van der Waals surface area contributed by atoms with E-state index in [1.807, 2.05) is 24.7 Å². The predicted octanol–water partition coefficient (Wildman–Crippen LogP) is 1.72. The number of fused-ring (bicyclic) bond motifs is 1. The van der Waals surface area contributed by atoms with Gasteiger partial charge in [-0.3, -0.25) is 0 Å². The zero-order valence-electron chi connectivity index (χ0n) is 12.2. The number of aryl methyl sites for hydroxylation is 3. The van der Waals surface area contributed by atoms with Crippen LogP contribution in [0.15, 0.2) is 12.4 Å². The number of imidazole rings is 1. The molecule has 20 heavy (non-hydrogen) atoms. The smallest absolute Gasteiger partial charge is 0.146 e. The average Bonchev–Trinajstić information content (AvgIpc) is 2.87. The Balaban J connectivity index is 2.25. The van der Waals surface area contributed by atoms with Crippen molar-refractivity contribution in [3.05, 3.63) is 35.3 Å².